The maximum absolute atomic E-state index is 10.8. The second-order valence-corrected chi connectivity index (χ2v) is 7.75. The minimum Gasteiger partial charge on any atom is -0.478 e. The van der Waals surface area contributed by atoms with Gasteiger partial charge in [-0.3, -0.25) is 5.10 Å². The van der Waals surface area contributed by atoms with Crippen molar-refractivity contribution in [1.82, 2.24) is 10.2 Å². The number of anilines is 1. The number of aliphatic carboxylic acids is 1. The molecule has 0 unspecified atom stereocenters. The first-order valence-corrected chi connectivity index (χ1v) is 10.5. The van der Waals surface area contributed by atoms with E-state index in [9.17, 15) is 4.79 Å². The largest absolute Gasteiger partial charge is 0.478 e. The van der Waals surface area contributed by atoms with E-state index in [1.165, 1.54) is 11.1 Å². The number of benzene rings is 3. The van der Waals surface area contributed by atoms with Crippen LogP contribution in [0.25, 0.3) is 28.1 Å². The minimum absolute atomic E-state index is 0.748. The number of aromatic amines is 1. The van der Waals surface area contributed by atoms with Gasteiger partial charge in [0.15, 0.2) is 0 Å². The Morgan fingerprint density at radius 3 is 2.50 bits per heavy atom. The van der Waals surface area contributed by atoms with E-state index in [1.54, 1.807) is 6.08 Å². The van der Waals surface area contributed by atoms with Gasteiger partial charge in [0.2, 0.25) is 0 Å². The quantitative estimate of drug-likeness (QED) is 0.204. The zero-order valence-corrected chi connectivity index (χ0v) is 18.1. The lowest BCUT2D eigenvalue weighted by Gasteiger charge is -2.18. The maximum Gasteiger partial charge on any atom is 0.328 e. The normalized spacial score (nSPS) is 12.3. The highest BCUT2D eigenvalue weighted by Gasteiger charge is 2.15. The van der Waals surface area contributed by atoms with Crippen molar-refractivity contribution in [2.24, 2.45) is 0 Å². The molecule has 5 heteroatoms. The monoisotopic (exact) mass is 423 g/mol. The van der Waals surface area contributed by atoms with Crippen LogP contribution in [0.2, 0.25) is 0 Å². The fourth-order valence-corrected chi connectivity index (χ4v) is 4.07. The van der Waals surface area contributed by atoms with E-state index >= 15 is 0 Å². The van der Waals surface area contributed by atoms with Crippen molar-refractivity contribution in [2.75, 3.05) is 5.73 Å². The van der Waals surface area contributed by atoms with Gasteiger partial charge in [0.25, 0.3) is 0 Å². The van der Waals surface area contributed by atoms with Crippen LogP contribution in [0, 0.1) is 6.92 Å². The van der Waals surface area contributed by atoms with Gasteiger partial charge in [-0.25, -0.2) is 4.79 Å². The van der Waals surface area contributed by atoms with E-state index in [-0.39, 0.29) is 0 Å². The molecule has 0 saturated heterocycles. The number of hydrogen-bond acceptors (Lipinski definition) is 3. The summed E-state index contributed by atoms with van der Waals surface area (Å²) in [5.74, 6) is -0.963. The lowest BCUT2D eigenvalue weighted by molar-refractivity contribution is -0.131. The van der Waals surface area contributed by atoms with Crippen LogP contribution in [-0.4, -0.2) is 21.3 Å². The lowest BCUT2D eigenvalue weighted by atomic mass is 9.86. The molecule has 0 radical (unpaired) electrons. The molecule has 0 atom stereocenters. The summed E-state index contributed by atoms with van der Waals surface area (Å²) >= 11 is 0. The zero-order valence-electron chi connectivity index (χ0n) is 18.1. The van der Waals surface area contributed by atoms with Crippen molar-refractivity contribution in [3.05, 3.63) is 101 Å². The van der Waals surface area contributed by atoms with Crippen molar-refractivity contribution in [3.8, 4) is 0 Å². The number of nitrogens with zero attached hydrogens (tertiary/aromatic N) is 1. The van der Waals surface area contributed by atoms with Crippen molar-refractivity contribution >= 4 is 39.8 Å². The molecule has 0 amide bonds. The van der Waals surface area contributed by atoms with Crippen LogP contribution in [0.5, 0.6) is 0 Å². The Bertz CT molecular complexity index is 1350. The third kappa shape index (κ3) is 4.32. The van der Waals surface area contributed by atoms with Gasteiger partial charge in [0, 0.05) is 17.1 Å². The molecule has 0 fully saturated rings. The molecule has 0 aliphatic carbocycles. The number of nitrogens with two attached hydrogens (primary N) is 1. The number of aromatic nitrogens is 2. The van der Waals surface area contributed by atoms with Crippen LogP contribution in [0.3, 0.4) is 0 Å². The highest BCUT2D eigenvalue weighted by atomic mass is 16.4. The van der Waals surface area contributed by atoms with E-state index in [4.69, 9.17) is 10.8 Å². The van der Waals surface area contributed by atoms with Crippen LogP contribution >= 0.6 is 0 Å². The molecule has 4 aromatic rings. The number of aryl methyl sites for hydroxylation is 1. The molecule has 160 valence electrons. The Hall–Kier alpha value is -4.12. The molecule has 32 heavy (non-hydrogen) atoms. The number of carboxylic acids is 1. The summed E-state index contributed by atoms with van der Waals surface area (Å²) < 4.78 is 0. The van der Waals surface area contributed by atoms with Gasteiger partial charge >= 0.3 is 5.97 Å². The lowest BCUT2D eigenvalue weighted by Crippen LogP contribution is -1.98. The number of hydrogen-bond donors (Lipinski definition) is 3. The summed E-state index contributed by atoms with van der Waals surface area (Å²) in [6.45, 7) is 4.24. The summed E-state index contributed by atoms with van der Waals surface area (Å²) in [7, 11) is 0. The number of fused-ring (bicyclic) bond motifs is 1. The predicted molar refractivity (Wildman–Crippen MR) is 131 cm³/mol. The van der Waals surface area contributed by atoms with Gasteiger partial charge in [-0.2, -0.15) is 5.10 Å². The molecule has 1 aromatic heterocycles. The molecular formula is C27H25N3O2. The van der Waals surface area contributed by atoms with E-state index in [0.29, 0.717) is 0 Å². The van der Waals surface area contributed by atoms with E-state index in [0.717, 1.165) is 56.9 Å². The molecule has 0 aliphatic heterocycles. The molecule has 0 aliphatic rings. The number of nitrogens with one attached hydrogen (secondary N) is 1. The minimum atomic E-state index is -0.963. The fraction of sp³-hybridized carbons (Fsp3) is 0.111. The average molecular weight is 424 g/mol. The van der Waals surface area contributed by atoms with Crippen molar-refractivity contribution < 1.29 is 9.90 Å². The van der Waals surface area contributed by atoms with Crippen molar-refractivity contribution in [2.45, 2.75) is 20.3 Å². The molecule has 0 bridgehead atoms. The van der Waals surface area contributed by atoms with Gasteiger partial charge in [-0.05, 0) is 82.6 Å². The van der Waals surface area contributed by atoms with Crippen LogP contribution in [0.4, 0.5) is 5.69 Å². The SMILES string of the molecule is CC/C(=C(/c1ccc(/C=C/C(=O)O)cc1)c1ccc2[nH]ncc2c1)c1ccc(N)cc1C. The highest BCUT2D eigenvalue weighted by Crippen LogP contribution is 2.37. The second kappa shape index (κ2) is 8.94. The molecular weight excluding hydrogens is 398 g/mol. The van der Waals surface area contributed by atoms with Crippen molar-refractivity contribution in [1.29, 1.82) is 0 Å². The second-order valence-electron chi connectivity index (χ2n) is 7.75. The van der Waals surface area contributed by atoms with Gasteiger partial charge in [-0.1, -0.05) is 43.3 Å². The third-order valence-corrected chi connectivity index (χ3v) is 5.58. The van der Waals surface area contributed by atoms with Gasteiger partial charge < -0.3 is 10.8 Å². The smallest absolute Gasteiger partial charge is 0.328 e. The zero-order chi connectivity index (χ0) is 22.7. The molecule has 4 rings (SSSR count). The van der Waals surface area contributed by atoms with Crippen LogP contribution in [0.15, 0.2) is 72.9 Å². The number of H-pyrrole nitrogens is 1. The van der Waals surface area contributed by atoms with Crippen LogP contribution < -0.4 is 5.73 Å². The van der Waals surface area contributed by atoms with Crippen LogP contribution in [-0.2, 0) is 4.79 Å². The van der Waals surface area contributed by atoms with E-state index in [1.807, 2.05) is 48.7 Å². The Morgan fingerprint density at radius 1 is 1.06 bits per heavy atom. The number of carbonyl (C=O) groups is 1. The maximum atomic E-state index is 10.8. The molecule has 1 heterocycles. The number of allylic oxidation sites excluding steroid dienone is 1. The Balaban J connectivity index is 1.93. The average Bonchev–Trinajstić information content (AvgIpc) is 3.25. The van der Waals surface area contributed by atoms with Gasteiger partial charge in [0.1, 0.15) is 0 Å². The summed E-state index contributed by atoms with van der Waals surface area (Å²) in [5, 5.41) is 17.1. The first-order valence-electron chi connectivity index (χ1n) is 10.5. The Kier molecular flexibility index (Phi) is 5.90. The summed E-state index contributed by atoms with van der Waals surface area (Å²) in [4.78, 5) is 10.8. The van der Waals surface area contributed by atoms with Crippen LogP contribution in [0.1, 0.15) is 41.2 Å². The first-order chi connectivity index (χ1) is 15.5. The Labute approximate surface area is 186 Å². The molecule has 0 saturated carbocycles. The topological polar surface area (TPSA) is 92.0 Å². The van der Waals surface area contributed by atoms with E-state index < -0.39 is 5.97 Å². The summed E-state index contributed by atoms with van der Waals surface area (Å²) in [6.07, 6.45) is 5.41. The van der Waals surface area contributed by atoms with Crippen molar-refractivity contribution in [3.63, 3.8) is 0 Å². The molecule has 3 aromatic carbocycles. The first kappa shape index (κ1) is 21.1. The predicted octanol–water partition coefficient (Wildman–Crippen LogP) is 5.92. The molecule has 4 N–H and O–H groups in total. The van der Waals surface area contributed by atoms with Gasteiger partial charge in [-0.15, -0.1) is 0 Å². The van der Waals surface area contributed by atoms with E-state index in [2.05, 4.69) is 42.2 Å². The van der Waals surface area contributed by atoms with Gasteiger partial charge in [0.05, 0.1) is 11.7 Å². The number of nitrogen functional groups attached to an aromatic ring is 1. The Morgan fingerprint density at radius 2 is 1.81 bits per heavy atom. The fourth-order valence-electron chi connectivity index (χ4n) is 4.07. The summed E-state index contributed by atoms with van der Waals surface area (Å²) in [6, 6.07) is 20.3. The third-order valence-electron chi connectivity index (χ3n) is 5.58. The molecule has 0 spiro atoms. The number of rotatable bonds is 6. The standard InChI is InChI=1S/C27H25N3O2/c1-3-23(24-11-10-22(28)14-17(24)2)27(20-9-12-25-21(15-20)16-29-30-25)19-7-4-18(5-8-19)6-13-26(31)32/h4-16H,3,28H2,1-2H3,(H,29,30)(H,31,32)/b13-6+,27-23+. The summed E-state index contributed by atoms with van der Waals surface area (Å²) in [5.41, 5.74) is 15.4. The molecule has 5 nitrogen and oxygen atoms in total. The number of carboxylic acid groups (broad SMARTS) is 1. The highest BCUT2D eigenvalue weighted by molar-refractivity contribution is 6.01.